The molecule has 0 saturated heterocycles. The first kappa shape index (κ1) is 23.2. The summed E-state index contributed by atoms with van der Waals surface area (Å²) in [5.74, 6) is 0.624. The van der Waals surface area contributed by atoms with Crippen LogP contribution in [0.3, 0.4) is 0 Å². The Bertz CT molecular complexity index is 1400. The molecule has 0 saturated carbocycles. The SMILES string of the molecule is COc1ccc(-c2noc(=O)n2Cc2csc(N(C(C)=O)c3ccc(C)c(C)c3)n2)cc1OC. The highest BCUT2D eigenvalue weighted by molar-refractivity contribution is 7.14. The van der Waals surface area contributed by atoms with Gasteiger partial charge in [-0.15, -0.1) is 11.3 Å². The van der Waals surface area contributed by atoms with Crippen molar-refractivity contribution >= 4 is 28.1 Å². The summed E-state index contributed by atoms with van der Waals surface area (Å²) in [5, 5.41) is 6.27. The highest BCUT2D eigenvalue weighted by atomic mass is 32.1. The van der Waals surface area contributed by atoms with E-state index >= 15 is 0 Å². The van der Waals surface area contributed by atoms with Crippen LogP contribution in [0.5, 0.6) is 11.5 Å². The molecular weight excluding hydrogens is 456 g/mol. The monoisotopic (exact) mass is 480 g/mol. The standard InChI is InChI=1S/C24H24N4O5S/c1-14-6-8-19(10-15(14)2)28(16(3)29)23-25-18(13-34-23)12-27-22(26-33-24(27)30)17-7-9-20(31-4)21(11-17)32-5/h6-11,13H,12H2,1-5H3. The molecule has 4 rings (SSSR count). The predicted molar refractivity (Wildman–Crippen MR) is 129 cm³/mol. The Morgan fingerprint density at radius 2 is 1.85 bits per heavy atom. The van der Waals surface area contributed by atoms with E-state index in [-0.39, 0.29) is 12.5 Å². The second-order valence-corrected chi connectivity index (χ2v) is 8.51. The van der Waals surface area contributed by atoms with E-state index in [1.165, 1.54) is 29.9 Å². The van der Waals surface area contributed by atoms with Gasteiger partial charge in [0, 0.05) is 17.9 Å². The number of benzene rings is 2. The van der Waals surface area contributed by atoms with Gasteiger partial charge >= 0.3 is 5.76 Å². The van der Waals surface area contributed by atoms with Crippen LogP contribution in [0, 0.1) is 13.8 Å². The third kappa shape index (κ3) is 4.44. The lowest BCUT2D eigenvalue weighted by atomic mass is 10.1. The smallest absolute Gasteiger partial charge is 0.442 e. The number of anilines is 2. The van der Waals surface area contributed by atoms with Crippen LogP contribution in [0.1, 0.15) is 23.7 Å². The second kappa shape index (κ2) is 9.52. The number of aryl methyl sites for hydroxylation is 2. The summed E-state index contributed by atoms with van der Waals surface area (Å²) in [6.07, 6.45) is 0. The van der Waals surface area contributed by atoms with E-state index in [1.807, 2.05) is 37.4 Å². The van der Waals surface area contributed by atoms with E-state index in [0.29, 0.717) is 33.7 Å². The van der Waals surface area contributed by atoms with Crippen molar-refractivity contribution in [2.45, 2.75) is 27.3 Å². The molecule has 0 bridgehead atoms. The van der Waals surface area contributed by atoms with Gasteiger partial charge in [-0.05, 0) is 55.3 Å². The van der Waals surface area contributed by atoms with Crippen LogP contribution in [0.25, 0.3) is 11.4 Å². The summed E-state index contributed by atoms with van der Waals surface area (Å²) in [4.78, 5) is 31.1. The fraction of sp³-hybridized carbons (Fsp3) is 0.250. The minimum absolute atomic E-state index is 0.126. The highest BCUT2D eigenvalue weighted by Gasteiger charge is 2.21. The summed E-state index contributed by atoms with van der Waals surface area (Å²) in [6.45, 7) is 5.64. The molecule has 0 unspecified atom stereocenters. The fourth-order valence-corrected chi connectivity index (χ4v) is 4.39. The zero-order valence-electron chi connectivity index (χ0n) is 19.5. The van der Waals surface area contributed by atoms with E-state index in [0.717, 1.165) is 16.8 Å². The van der Waals surface area contributed by atoms with Crippen molar-refractivity contribution in [1.29, 1.82) is 0 Å². The number of nitrogens with zero attached hydrogens (tertiary/aromatic N) is 4. The van der Waals surface area contributed by atoms with Crippen molar-refractivity contribution in [2.24, 2.45) is 0 Å². The zero-order chi connectivity index (χ0) is 24.4. The number of rotatable bonds is 7. The lowest BCUT2D eigenvalue weighted by Crippen LogP contribution is -2.23. The molecule has 2 heterocycles. The van der Waals surface area contributed by atoms with Crippen LogP contribution >= 0.6 is 11.3 Å². The Labute approximate surface area is 200 Å². The number of thiazole rings is 1. The first-order valence-electron chi connectivity index (χ1n) is 10.4. The number of hydrogen-bond donors (Lipinski definition) is 0. The first-order valence-corrected chi connectivity index (χ1v) is 11.3. The summed E-state index contributed by atoms with van der Waals surface area (Å²) < 4.78 is 16.9. The molecule has 0 aliphatic heterocycles. The van der Waals surface area contributed by atoms with Gasteiger partial charge in [0.25, 0.3) is 0 Å². The molecule has 1 amide bonds. The topological polar surface area (TPSA) is 99.7 Å². The Morgan fingerprint density at radius 3 is 2.53 bits per heavy atom. The maximum Gasteiger partial charge on any atom is 0.442 e. The molecule has 9 nitrogen and oxygen atoms in total. The quantitative estimate of drug-likeness (QED) is 0.388. The average Bonchev–Trinajstić information content (AvgIpc) is 3.42. The van der Waals surface area contributed by atoms with Crippen molar-refractivity contribution in [1.82, 2.24) is 14.7 Å². The van der Waals surface area contributed by atoms with Gasteiger partial charge in [0.1, 0.15) is 0 Å². The number of amides is 1. The predicted octanol–water partition coefficient (Wildman–Crippen LogP) is 4.33. The van der Waals surface area contributed by atoms with Gasteiger partial charge in [0.15, 0.2) is 22.5 Å². The maximum atomic E-state index is 12.5. The summed E-state index contributed by atoms with van der Waals surface area (Å²) >= 11 is 1.32. The molecule has 0 aliphatic carbocycles. The van der Waals surface area contributed by atoms with Crippen molar-refractivity contribution in [2.75, 3.05) is 19.1 Å². The Balaban J connectivity index is 1.66. The largest absolute Gasteiger partial charge is 0.493 e. The minimum Gasteiger partial charge on any atom is -0.493 e. The molecule has 34 heavy (non-hydrogen) atoms. The highest BCUT2D eigenvalue weighted by Crippen LogP contribution is 2.33. The third-order valence-corrected chi connectivity index (χ3v) is 6.32. The van der Waals surface area contributed by atoms with Gasteiger partial charge in [-0.2, -0.15) is 0 Å². The van der Waals surface area contributed by atoms with Gasteiger partial charge in [0.2, 0.25) is 5.91 Å². The van der Waals surface area contributed by atoms with Crippen molar-refractivity contribution in [3.05, 3.63) is 69.1 Å². The van der Waals surface area contributed by atoms with Crippen LogP contribution in [0.2, 0.25) is 0 Å². The van der Waals surface area contributed by atoms with Crippen LogP contribution in [0.4, 0.5) is 10.8 Å². The van der Waals surface area contributed by atoms with Gasteiger partial charge < -0.3 is 9.47 Å². The molecule has 0 spiro atoms. The third-order valence-electron chi connectivity index (χ3n) is 5.44. The Morgan fingerprint density at radius 1 is 1.09 bits per heavy atom. The molecule has 2 aromatic carbocycles. The number of carbonyl (C=O) groups excluding carboxylic acids is 1. The van der Waals surface area contributed by atoms with E-state index in [9.17, 15) is 9.59 Å². The summed E-state index contributed by atoms with van der Waals surface area (Å²) in [7, 11) is 3.08. The molecule has 0 atom stereocenters. The number of aromatic nitrogens is 3. The van der Waals surface area contributed by atoms with Gasteiger partial charge in [-0.3, -0.25) is 18.8 Å². The number of hydrogen-bond acceptors (Lipinski definition) is 8. The second-order valence-electron chi connectivity index (χ2n) is 7.67. The molecular formula is C24H24N4O5S. The van der Waals surface area contributed by atoms with Crippen molar-refractivity contribution < 1.29 is 18.8 Å². The average molecular weight is 481 g/mol. The van der Waals surface area contributed by atoms with Crippen LogP contribution in [-0.4, -0.2) is 34.8 Å². The van der Waals surface area contributed by atoms with E-state index < -0.39 is 5.76 Å². The zero-order valence-corrected chi connectivity index (χ0v) is 20.3. The molecule has 0 aliphatic rings. The number of carbonyl (C=O) groups is 1. The lowest BCUT2D eigenvalue weighted by Gasteiger charge is -2.19. The minimum atomic E-state index is -0.614. The first-order chi connectivity index (χ1) is 16.3. The van der Waals surface area contributed by atoms with Gasteiger partial charge in [-0.25, -0.2) is 9.78 Å². The van der Waals surface area contributed by atoms with Crippen LogP contribution in [-0.2, 0) is 11.3 Å². The van der Waals surface area contributed by atoms with Crippen LogP contribution < -0.4 is 20.1 Å². The van der Waals surface area contributed by atoms with E-state index in [2.05, 4.69) is 10.1 Å². The fourth-order valence-electron chi connectivity index (χ4n) is 3.52. The maximum absolute atomic E-state index is 12.5. The van der Waals surface area contributed by atoms with E-state index in [4.69, 9.17) is 14.0 Å². The van der Waals surface area contributed by atoms with Crippen molar-refractivity contribution in [3.8, 4) is 22.9 Å². The number of ether oxygens (including phenoxy) is 2. The van der Waals surface area contributed by atoms with E-state index in [1.54, 1.807) is 30.2 Å². The summed E-state index contributed by atoms with van der Waals surface area (Å²) in [5.41, 5.74) is 4.18. The number of methoxy groups -OCH3 is 2. The molecule has 0 fully saturated rings. The molecule has 0 N–H and O–H groups in total. The molecule has 4 aromatic rings. The Hall–Kier alpha value is -3.92. The van der Waals surface area contributed by atoms with Gasteiger partial charge in [-0.1, -0.05) is 11.2 Å². The molecule has 2 aromatic heterocycles. The summed E-state index contributed by atoms with van der Waals surface area (Å²) in [6, 6.07) is 11.0. The Kier molecular flexibility index (Phi) is 6.51. The normalized spacial score (nSPS) is 10.9. The van der Waals surface area contributed by atoms with Gasteiger partial charge in [0.05, 0.1) is 32.1 Å². The molecule has 10 heteroatoms. The molecule has 176 valence electrons. The molecule has 0 radical (unpaired) electrons. The van der Waals surface area contributed by atoms with Crippen molar-refractivity contribution in [3.63, 3.8) is 0 Å². The lowest BCUT2D eigenvalue weighted by molar-refractivity contribution is -0.115. The van der Waals surface area contributed by atoms with Crippen LogP contribution in [0.15, 0.2) is 51.1 Å².